The van der Waals surface area contributed by atoms with Gasteiger partial charge in [0.15, 0.2) is 4.34 Å². The number of aromatic nitrogens is 2. The highest BCUT2D eigenvalue weighted by atomic mass is 32.2. The van der Waals surface area contributed by atoms with Gasteiger partial charge >= 0.3 is 0 Å². The molecule has 0 spiro atoms. The quantitative estimate of drug-likeness (QED) is 0.406. The molecule has 30 heavy (non-hydrogen) atoms. The molecule has 1 amide bonds. The zero-order valence-corrected chi connectivity index (χ0v) is 18.7. The van der Waals surface area contributed by atoms with Gasteiger partial charge in [0.05, 0.1) is 12.3 Å². The summed E-state index contributed by atoms with van der Waals surface area (Å²) in [5.41, 5.74) is 0.810. The number of carbonyl (C=O) groups is 1. The van der Waals surface area contributed by atoms with Crippen LogP contribution in [-0.2, 0) is 21.4 Å². The van der Waals surface area contributed by atoms with E-state index in [9.17, 15) is 22.0 Å². The average Bonchev–Trinajstić information content (AvgIpc) is 3.36. The van der Waals surface area contributed by atoms with Crippen molar-refractivity contribution in [2.45, 2.75) is 48.9 Å². The number of halogens is 2. The number of carbonyl (C=O) groups excluding carboxylic acids is 1. The van der Waals surface area contributed by atoms with Gasteiger partial charge in [-0.3, -0.25) is 9.69 Å². The number of hydrogen-bond acceptors (Lipinski definition) is 7. The summed E-state index contributed by atoms with van der Waals surface area (Å²) in [5.74, 6) is -3.09. The van der Waals surface area contributed by atoms with E-state index in [4.69, 9.17) is 0 Å². The first kappa shape index (κ1) is 23.0. The molecule has 2 aromatic rings. The van der Waals surface area contributed by atoms with Crippen molar-refractivity contribution in [1.82, 2.24) is 14.5 Å². The number of thioether (sulfide) groups is 1. The number of nitrogens with zero attached hydrogens (tertiary/aromatic N) is 4. The standard InChI is InChI=1S/C18H22F2N4O3S3/c1-2-11-30(26,27)24-10-6-9-14(24)15(25)23(12-13-7-4-3-5-8-13)17-21-22-18(29-17)28-16(19)20/h3-5,7-8,14,16H,2,6,9-12H2,1H3/t14-/m1/s1. The van der Waals surface area contributed by atoms with Crippen LogP contribution in [0.15, 0.2) is 34.7 Å². The second-order valence-electron chi connectivity index (χ2n) is 6.72. The summed E-state index contributed by atoms with van der Waals surface area (Å²) >= 11 is 1.16. The largest absolute Gasteiger partial charge is 0.291 e. The van der Waals surface area contributed by atoms with Crippen molar-refractivity contribution in [3.8, 4) is 0 Å². The van der Waals surface area contributed by atoms with E-state index in [2.05, 4.69) is 10.2 Å². The summed E-state index contributed by atoms with van der Waals surface area (Å²) < 4.78 is 52.0. The normalized spacial score (nSPS) is 17.5. The van der Waals surface area contributed by atoms with Gasteiger partial charge in [0, 0.05) is 6.54 Å². The van der Waals surface area contributed by atoms with Crippen molar-refractivity contribution in [1.29, 1.82) is 0 Å². The van der Waals surface area contributed by atoms with Crippen molar-refractivity contribution in [2.24, 2.45) is 0 Å². The highest BCUT2D eigenvalue weighted by molar-refractivity contribution is 8.01. The maximum Gasteiger partial charge on any atom is 0.291 e. The average molecular weight is 477 g/mol. The van der Waals surface area contributed by atoms with Crippen molar-refractivity contribution >= 4 is 44.2 Å². The molecule has 1 aliphatic heterocycles. The summed E-state index contributed by atoms with van der Waals surface area (Å²) in [6, 6.07) is 8.31. The predicted octanol–water partition coefficient (Wildman–Crippen LogP) is 3.59. The van der Waals surface area contributed by atoms with Gasteiger partial charge in [0.2, 0.25) is 21.1 Å². The molecule has 12 heteroatoms. The summed E-state index contributed by atoms with van der Waals surface area (Å²) in [5, 5.41) is 7.86. The fraction of sp³-hybridized carbons (Fsp3) is 0.500. The number of alkyl halides is 2. The van der Waals surface area contributed by atoms with Crippen molar-refractivity contribution in [3.63, 3.8) is 0 Å². The molecular formula is C18H22F2N4O3S3. The van der Waals surface area contributed by atoms with Gasteiger partial charge < -0.3 is 0 Å². The first-order valence-electron chi connectivity index (χ1n) is 9.45. The minimum atomic E-state index is -3.55. The first-order chi connectivity index (χ1) is 14.3. The van der Waals surface area contributed by atoms with Gasteiger partial charge in [0.1, 0.15) is 6.04 Å². The lowest BCUT2D eigenvalue weighted by Crippen LogP contribution is -2.48. The Morgan fingerprint density at radius 3 is 2.73 bits per heavy atom. The lowest BCUT2D eigenvalue weighted by molar-refractivity contribution is -0.121. The molecule has 3 rings (SSSR count). The minimum Gasteiger partial charge on any atom is -0.281 e. The number of sulfonamides is 1. The molecule has 1 aromatic heterocycles. The van der Waals surface area contributed by atoms with Gasteiger partial charge in [-0.25, -0.2) is 8.42 Å². The topological polar surface area (TPSA) is 83.5 Å². The fourth-order valence-electron chi connectivity index (χ4n) is 3.32. The van der Waals surface area contributed by atoms with Gasteiger partial charge in [-0.05, 0) is 36.6 Å². The highest BCUT2D eigenvalue weighted by Gasteiger charge is 2.41. The molecule has 1 saturated heterocycles. The zero-order valence-electron chi connectivity index (χ0n) is 16.3. The Bertz CT molecular complexity index is 957. The van der Waals surface area contributed by atoms with Crippen LogP contribution in [0.1, 0.15) is 31.7 Å². The number of rotatable bonds is 9. The van der Waals surface area contributed by atoms with E-state index in [1.54, 1.807) is 6.92 Å². The molecule has 2 heterocycles. The Balaban J connectivity index is 1.91. The molecule has 0 saturated carbocycles. The van der Waals surface area contributed by atoms with E-state index in [-0.39, 0.29) is 33.5 Å². The van der Waals surface area contributed by atoms with E-state index < -0.39 is 27.7 Å². The van der Waals surface area contributed by atoms with E-state index >= 15 is 0 Å². The molecule has 164 valence electrons. The Labute approximate surface area is 182 Å². The van der Waals surface area contributed by atoms with Crippen LogP contribution in [0, 0.1) is 0 Å². The SMILES string of the molecule is CCCS(=O)(=O)N1CCC[C@@H]1C(=O)N(Cc1ccccc1)c1nnc(SC(F)F)s1. The van der Waals surface area contributed by atoms with Crippen LogP contribution in [0.25, 0.3) is 0 Å². The molecule has 1 fully saturated rings. The Hall–Kier alpha value is -1.63. The van der Waals surface area contributed by atoms with E-state index in [0.29, 0.717) is 25.8 Å². The van der Waals surface area contributed by atoms with E-state index in [1.807, 2.05) is 30.3 Å². The third-order valence-corrected chi connectivity index (χ3v) is 8.39. The second-order valence-corrected chi connectivity index (χ2v) is 11.0. The van der Waals surface area contributed by atoms with E-state index in [1.165, 1.54) is 9.21 Å². The van der Waals surface area contributed by atoms with Crippen LogP contribution in [0.4, 0.5) is 13.9 Å². The lowest BCUT2D eigenvalue weighted by Gasteiger charge is -2.28. The Morgan fingerprint density at radius 1 is 1.33 bits per heavy atom. The lowest BCUT2D eigenvalue weighted by atomic mass is 10.1. The fourth-order valence-corrected chi connectivity index (χ4v) is 6.52. The van der Waals surface area contributed by atoms with Crippen molar-refractivity contribution in [2.75, 3.05) is 17.2 Å². The van der Waals surface area contributed by atoms with Gasteiger partial charge in [-0.1, -0.05) is 48.6 Å². The van der Waals surface area contributed by atoms with Crippen LogP contribution in [0.2, 0.25) is 0 Å². The van der Waals surface area contributed by atoms with Crippen LogP contribution < -0.4 is 4.90 Å². The van der Waals surface area contributed by atoms with Gasteiger partial charge in [0.25, 0.3) is 5.76 Å². The Kier molecular flexibility index (Phi) is 7.77. The second kappa shape index (κ2) is 10.1. The van der Waals surface area contributed by atoms with Gasteiger partial charge in [-0.15, -0.1) is 10.2 Å². The monoisotopic (exact) mass is 476 g/mol. The maximum atomic E-state index is 13.4. The van der Waals surface area contributed by atoms with Crippen molar-refractivity contribution < 1.29 is 22.0 Å². The van der Waals surface area contributed by atoms with E-state index in [0.717, 1.165) is 16.9 Å². The molecule has 7 nitrogen and oxygen atoms in total. The zero-order chi connectivity index (χ0) is 21.7. The molecule has 1 aliphatic rings. The van der Waals surface area contributed by atoms with Crippen LogP contribution in [-0.4, -0.2) is 52.9 Å². The minimum absolute atomic E-state index is 0.0244. The summed E-state index contributed by atoms with van der Waals surface area (Å²) in [6.07, 6.45) is 1.45. The number of benzene rings is 1. The molecule has 0 bridgehead atoms. The molecule has 0 unspecified atom stereocenters. The number of hydrogen-bond donors (Lipinski definition) is 0. The molecule has 0 aliphatic carbocycles. The van der Waals surface area contributed by atoms with Crippen LogP contribution in [0.3, 0.4) is 0 Å². The van der Waals surface area contributed by atoms with Crippen LogP contribution in [0.5, 0.6) is 0 Å². The predicted molar refractivity (Wildman–Crippen MR) is 113 cm³/mol. The third kappa shape index (κ3) is 5.54. The number of anilines is 1. The maximum absolute atomic E-state index is 13.4. The molecule has 0 N–H and O–H groups in total. The molecule has 1 aromatic carbocycles. The summed E-state index contributed by atoms with van der Waals surface area (Å²) in [7, 11) is -3.55. The van der Waals surface area contributed by atoms with Gasteiger partial charge in [-0.2, -0.15) is 13.1 Å². The van der Waals surface area contributed by atoms with Crippen LogP contribution >= 0.6 is 23.1 Å². The summed E-state index contributed by atoms with van der Waals surface area (Å²) in [6.45, 7) is 2.21. The number of amides is 1. The molecular weight excluding hydrogens is 454 g/mol. The summed E-state index contributed by atoms with van der Waals surface area (Å²) in [4.78, 5) is 14.8. The first-order valence-corrected chi connectivity index (χ1v) is 12.8. The Morgan fingerprint density at radius 2 is 2.07 bits per heavy atom. The van der Waals surface area contributed by atoms with Crippen molar-refractivity contribution in [3.05, 3.63) is 35.9 Å². The highest BCUT2D eigenvalue weighted by Crippen LogP contribution is 2.34. The third-order valence-electron chi connectivity index (χ3n) is 4.57. The smallest absolute Gasteiger partial charge is 0.281 e. The molecule has 0 radical (unpaired) electrons. The molecule has 1 atom stereocenters.